The summed E-state index contributed by atoms with van der Waals surface area (Å²) in [5.74, 6) is 0. The van der Waals surface area contributed by atoms with Crippen molar-refractivity contribution >= 4 is 10.1 Å². The molecule has 0 amide bonds. The Kier molecular flexibility index (Phi) is 24.4. The Morgan fingerprint density at radius 2 is 0.931 bits per heavy atom. The predicted octanol–water partition coefficient (Wildman–Crippen LogP) is 3.72. The molecule has 0 fully saturated rings. The van der Waals surface area contributed by atoms with Gasteiger partial charge < -0.3 is 9.66 Å². The third-order valence-corrected chi connectivity index (χ3v) is 7.03. The monoisotopic (exact) mass is 442 g/mol. The van der Waals surface area contributed by atoms with Crippen LogP contribution in [0.25, 0.3) is 0 Å². The van der Waals surface area contributed by atoms with Gasteiger partial charge in [0.05, 0.1) is 16.2 Å². The van der Waals surface area contributed by atoms with Crippen molar-refractivity contribution < 1.29 is 47.6 Å². The van der Waals surface area contributed by atoms with Gasteiger partial charge in [-0.25, -0.2) is 8.42 Å². The fourth-order valence-corrected chi connectivity index (χ4v) is 4.73. The van der Waals surface area contributed by atoms with Crippen LogP contribution >= 0.6 is 0 Å². The predicted molar refractivity (Wildman–Crippen MR) is 119 cm³/mol. The molecule has 0 aliphatic rings. The molecule has 0 bridgehead atoms. The van der Waals surface area contributed by atoms with E-state index in [9.17, 15) is 18.1 Å². The number of hydrogen-bond acceptors (Lipinski definition) is 4. The standard InChI is InChI=1S/C23H48O4S.Na/c1-3-5-7-9-11-14-18-22(24)19-15-12-10-13-17-21-23(28(25,26)27)20-16-8-6-4-2;/h22-24H,3-21H2,1-2H3,(H,25,26,27);/q;+1/p-1. The third-order valence-electron chi connectivity index (χ3n) is 5.74. The summed E-state index contributed by atoms with van der Waals surface area (Å²) < 4.78 is 34.2. The minimum Gasteiger partial charge on any atom is -0.748 e. The topological polar surface area (TPSA) is 77.4 Å². The van der Waals surface area contributed by atoms with Gasteiger partial charge in [0.1, 0.15) is 0 Å². The quantitative estimate of drug-likeness (QED) is 0.167. The smallest absolute Gasteiger partial charge is 0.748 e. The second kappa shape index (κ2) is 22.1. The van der Waals surface area contributed by atoms with Crippen LogP contribution in [0.5, 0.6) is 0 Å². The van der Waals surface area contributed by atoms with Crippen molar-refractivity contribution in [3.63, 3.8) is 0 Å². The zero-order valence-corrected chi connectivity index (χ0v) is 22.5. The van der Waals surface area contributed by atoms with Crippen molar-refractivity contribution in [1.29, 1.82) is 0 Å². The molecule has 4 nitrogen and oxygen atoms in total. The molecule has 2 atom stereocenters. The Labute approximate surface area is 204 Å². The van der Waals surface area contributed by atoms with Gasteiger partial charge >= 0.3 is 29.6 Å². The minimum atomic E-state index is -4.16. The van der Waals surface area contributed by atoms with Gasteiger partial charge in [0.2, 0.25) is 0 Å². The van der Waals surface area contributed by atoms with Gasteiger partial charge in [-0.05, 0) is 25.7 Å². The first-order chi connectivity index (χ1) is 13.4. The molecule has 0 aliphatic heterocycles. The van der Waals surface area contributed by atoms with Crippen LogP contribution in [0, 0.1) is 0 Å². The Balaban J connectivity index is 0. The van der Waals surface area contributed by atoms with Crippen LogP contribution in [-0.4, -0.2) is 29.4 Å². The fraction of sp³-hybridized carbons (Fsp3) is 1.00. The van der Waals surface area contributed by atoms with E-state index in [1.165, 1.54) is 32.1 Å². The molecule has 0 aromatic carbocycles. The van der Waals surface area contributed by atoms with Gasteiger partial charge in [0.15, 0.2) is 0 Å². The number of aliphatic hydroxyl groups excluding tert-OH is 1. The number of hydrogen-bond donors (Lipinski definition) is 1. The fourth-order valence-electron chi connectivity index (χ4n) is 3.82. The first-order valence-corrected chi connectivity index (χ1v) is 13.5. The van der Waals surface area contributed by atoms with Crippen LogP contribution in [0.1, 0.15) is 136 Å². The molecule has 0 spiro atoms. The van der Waals surface area contributed by atoms with Crippen LogP contribution in [0.2, 0.25) is 0 Å². The zero-order chi connectivity index (χ0) is 21.1. The molecule has 0 rings (SSSR count). The molecule has 0 aromatic heterocycles. The Bertz CT molecular complexity index is 429. The molecule has 0 aliphatic carbocycles. The SMILES string of the molecule is CCCCCCCCC(O)CCCCCCCC(CCCCCC)S(=O)(=O)[O-].[Na+]. The molecule has 29 heavy (non-hydrogen) atoms. The van der Waals surface area contributed by atoms with E-state index in [-0.39, 0.29) is 35.7 Å². The van der Waals surface area contributed by atoms with E-state index in [0.717, 1.165) is 77.0 Å². The minimum absolute atomic E-state index is 0. The summed E-state index contributed by atoms with van der Waals surface area (Å²) in [6, 6.07) is 0. The van der Waals surface area contributed by atoms with Crippen molar-refractivity contribution in [2.75, 3.05) is 0 Å². The van der Waals surface area contributed by atoms with Crippen LogP contribution in [0.4, 0.5) is 0 Å². The van der Waals surface area contributed by atoms with Crippen molar-refractivity contribution in [3.05, 3.63) is 0 Å². The molecule has 0 aromatic rings. The average molecular weight is 443 g/mol. The molecule has 1 N–H and O–H groups in total. The molecule has 0 saturated carbocycles. The summed E-state index contributed by atoms with van der Waals surface area (Å²) in [5.41, 5.74) is 0. The summed E-state index contributed by atoms with van der Waals surface area (Å²) >= 11 is 0. The largest absolute Gasteiger partial charge is 1.00 e. The van der Waals surface area contributed by atoms with Gasteiger partial charge in [0.25, 0.3) is 0 Å². The van der Waals surface area contributed by atoms with E-state index in [4.69, 9.17) is 0 Å². The average Bonchev–Trinajstić information content (AvgIpc) is 2.64. The van der Waals surface area contributed by atoms with Gasteiger partial charge in [-0.2, -0.15) is 0 Å². The van der Waals surface area contributed by atoms with Crippen molar-refractivity contribution in [3.8, 4) is 0 Å². The summed E-state index contributed by atoms with van der Waals surface area (Å²) in [5, 5.41) is 9.34. The summed E-state index contributed by atoms with van der Waals surface area (Å²) in [6.07, 6.45) is 19.3. The molecule has 0 radical (unpaired) electrons. The number of rotatable bonds is 21. The normalized spacial score (nSPS) is 13.8. The van der Waals surface area contributed by atoms with E-state index < -0.39 is 15.4 Å². The summed E-state index contributed by atoms with van der Waals surface area (Å²) in [7, 11) is -4.16. The Morgan fingerprint density at radius 3 is 1.31 bits per heavy atom. The maximum atomic E-state index is 11.4. The molecule has 6 heteroatoms. The van der Waals surface area contributed by atoms with Crippen LogP contribution in [0.15, 0.2) is 0 Å². The molecular formula is C23H47NaO4S. The Morgan fingerprint density at radius 1 is 0.621 bits per heavy atom. The summed E-state index contributed by atoms with van der Waals surface area (Å²) in [6.45, 7) is 4.35. The van der Waals surface area contributed by atoms with E-state index >= 15 is 0 Å². The maximum absolute atomic E-state index is 11.4. The second-order valence-electron chi connectivity index (χ2n) is 8.52. The zero-order valence-electron chi connectivity index (χ0n) is 19.7. The van der Waals surface area contributed by atoms with Crippen LogP contribution < -0.4 is 29.6 Å². The van der Waals surface area contributed by atoms with Gasteiger partial charge in [-0.3, -0.25) is 0 Å². The van der Waals surface area contributed by atoms with Gasteiger partial charge in [-0.15, -0.1) is 0 Å². The number of aliphatic hydroxyl groups is 1. The van der Waals surface area contributed by atoms with Gasteiger partial charge in [0, 0.05) is 5.25 Å². The van der Waals surface area contributed by atoms with E-state index in [0.29, 0.717) is 12.8 Å². The summed E-state index contributed by atoms with van der Waals surface area (Å²) in [4.78, 5) is 0. The first kappa shape index (κ1) is 32.1. The van der Waals surface area contributed by atoms with Crippen LogP contribution in [-0.2, 0) is 10.1 Å². The van der Waals surface area contributed by atoms with Crippen molar-refractivity contribution in [2.45, 2.75) is 147 Å². The van der Waals surface area contributed by atoms with Crippen molar-refractivity contribution in [1.82, 2.24) is 0 Å². The first-order valence-electron chi connectivity index (χ1n) is 12.0. The van der Waals surface area contributed by atoms with Gasteiger partial charge in [-0.1, -0.05) is 110 Å². The number of unbranched alkanes of at least 4 members (excludes halogenated alkanes) is 12. The van der Waals surface area contributed by atoms with E-state index in [2.05, 4.69) is 13.8 Å². The third kappa shape index (κ3) is 21.9. The maximum Gasteiger partial charge on any atom is 1.00 e. The molecule has 170 valence electrons. The van der Waals surface area contributed by atoms with E-state index in [1.807, 2.05) is 0 Å². The van der Waals surface area contributed by atoms with Crippen molar-refractivity contribution in [2.24, 2.45) is 0 Å². The molecule has 0 heterocycles. The molecular weight excluding hydrogens is 395 g/mol. The molecule has 2 unspecified atom stereocenters. The van der Waals surface area contributed by atoms with Crippen LogP contribution in [0.3, 0.4) is 0 Å². The van der Waals surface area contributed by atoms with E-state index in [1.54, 1.807) is 0 Å². The second-order valence-corrected chi connectivity index (χ2v) is 10.2. The Hall–Kier alpha value is 0.870. The molecule has 0 saturated heterocycles.